The van der Waals surface area contributed by atoms with Crippen LogP contribution < -0.4 is 5.73 Å². The largest absolute Gasteiger partial charge is 0.460 e. The van der Waals surface area contributed by atoms with Gasteiger partial charge < -0.3 is 10.5 Å². The lowest BCUT2D eigenvalue weighted by Gasteiger charge is -2.24. The van der Waals surface area contributed by atoms with Crippen LogP contribution in [0.15, 0.2) is 0 Å². The van der Waals surface area contributed by atoms with Gasteiger partial charge in [-0.1, -0.05) is 36.4 Å². The first-order valence-corrected chi connectivity index (χ1v) is 5.04. The van der Waals surface area contributed by atoms with Gasteiger partial charge in [0.25, 0.3) is 0 Å². The number of alkyl halides is 1. The third kappa shape index (κ3) is 1.38. The van der Waals surface area contributed by atoms with Gasteiger partial charge in [0.05, 0.1) is 0 Å². The fraction of sp³-hybridized carbons (Fsp3) is 0.857. The van der Waals surface area contributed by atoms with Crippen LogP contribution in [0, 0.1) is 5.41 Å². The average Bonchev–Trinajstić information content (AvgIpc) is 2.13. The van der Waals surface area contributed by atoms with E-state index in [1.807, 2.05) is 13.8 Å². The van der Waals surface area contributed by atoms with Gasteiger partial charge in [0.2, 0.25) is 0 Å². The molecule has 0 amide bonds. The fourth-order valence-electron chi connectivity index (χ4n) is 1.10. The zero-order valence-electron chi connectivity index (χ0n) is 6.63. The molecule has 0 aromatic heterocycles. The van der Waals surface area contributed by atoms with Crippen molar-refractivity contribution in [1.82, 2.24) is 0 Å². The van der Waals surface area contributed by atoms with Gasteiger partial charge in [-0.2, -0.15) is 0 Å². The first-order chi connectivity index (χ1) is 5.00. The lowest BCUT2D eigenvalue weighted by Crippen LogP contribution is -2.41. The zero-order valence-corrected chi connectivity index (χ0v) is 8.79. The van der Waals surface area contributed by atoms with E-state index >= 15 is 0 Å². The number of hydrogen-bond donors (Lipinski definition) is 1. The highest BCUT2D eigenvalue weighted by atomic mass is 127. The average molecular weight is 269 g/mol. The van der Waals surface area contributed by atoms with E-state index in [4.69, 9.17) is 10.5 Å². The zero-order chi connectivity index (χ0) is 8.65. The van der Waals surface area contributed by atoms with Gasteiger partial charge in [-0.15, -0.1) is 0 Å². The van der Waals surface area contributed by atoms with Crippen LogP contribution in [0.4, 0.5) is 0 Å². The third-order valence-corrected chi connectivity index (χ3v) is 3.08. The van der Waals surface area contributed by atoms with E-state index < -0.39 is 6.04 Å². The number of hydrogen-bond acceptors (Lipinski definition) is 3. The Labute approximate surface area is 79.8 Å². The number of carbonyl (C=O) groups excluding carboxylic acids is 1. The fourth-order valence-corrected chi connectivity index (χ4v) is 2.41. The molecule has 0 radical (unpaired) electrons. The van der Waals surface area contributed by atoms with Crippen LogP contribution in [-0.2, 0) is 9.53 Å². The van der Waals surface area contributed by atoms with E-state index in [1.165, 1.54) is 0 Å². The van der Waals surface area contributed by atoms with Gasteiger partial charge in [0.1, 0.15) is 12.1 Å². The molecule has 1 aliphatic rings. The van der Waals surface area contributed by atoms with Crippen molar-refractivity contribution in [2.24, 2.45) is 11.1 Å². The molecule has 1 aliphatic heterocycles. The summed E-state index contributed by atoms with van der Waals surface area (Å²) in [6.45, 7) is 3.93. The number of rotatable bonds is 1. The summed E-state index contributed by atoms with van der Waals surface area (Å²) < 4.78 is 5.88. The molecule has 2 N–H and O–H groups in total. The van der Waals surface area contributed by atoms with Gasteiger partial charge in [-0.3, -0.25) is 4.79 Å². The van der Waals surface area contributed by atoms with Crippen LogP contribution >= 0.6 is 22.6 Å². The molecule has 0 spiro atoms. The molecule has 1 heterocycles. The first kappa shape index (κ1) is 9.25. The third-order valence-electron chi connectivity index (χ3n) is 2.28. The van der Waals surface area contributed by atoms with Crippen molar-refractivity contribution in [3.63, 3.8) is 0 Å². The van der Waals surface area contributed by atoms with Crippen LogP contribution in [0.5, 0.6) is 0 Å². The van der Waals surface area contributed by atoms with E-state index in [2.05, 4.69) is 22.6 Å². The second kappa shape index (κ2) is 2.90. The predicted molar refractivity (Wildman–Crippen MR) is 50.5 cm³/mol. The number of nitrogens with two attached hydrogens (primary N) is 1. The summed E-state index contributed by atoms with van der Waals surface area (Å²) in [5, 5.41) is 0. The molecule has 0 aliphatic carbocycles. The van der Waals surface area contributed by atoms with Gasteiger partial charge >= 0.3 is 5.97 Å². The van der Waals surface area contributed by atoms with Crippen molar-refractivity contribution in [3.05, 3.63) is 0 Å². The molecule has 1 saturated heterocycles. The lowest BCUT2D eigenvalue weighted by atomic mass is 9.83. The van der Waals surface area contributed by atoms with Crippen molar-refractivity contribution in [3.8, 4) is 0 Å². The highest BCUT2D eigenvalue weighted by Crippen LogP contribution is 2.34. The quantitative estimate of drug-likeness (QED) is 0.433. The molecule has 11 heavy (non-hydrogen) atoms. The SMILES string of the molecule is CC1(C)C(CI)OC(=O)C1N. The molecule has 0 saturated carbocycles. The van der Waals surface area contributed by atoms with Crippen LogP contribution in [0.1, 0.15) is 13.8 Å². The van der Waals surface area contributed by atoms with Crippen molar-refractivity contribution >= 4 is 28.6 Å². The van der Waals surface area contributed by atoms with E-state index in [9.17, 15) is 4.79 Å². The molecular formula is C7H12INO2. The number of ether oxygens (including phenoxy) is 1. The molecule has 3 nitrogen and oxygen atoms in total. The first-order valence-electron chi connectivity index (χ1n) is 3.52. The van der Waals surface area contributed by atoms with Crippen LogP contribution in [0.2, 0.25) is 0 Å². The second-order valence-electron chi connectivity index (χ2n) is 3.38. The standard InChI is InChI=1S/C7H12INO2/c1-7(2)4(3-8)11-6(10)5(7)9/h4-5H,3,9H2,1-2H3. The number of halogens is 1. The minimum Gasteiger partial charge on any atom is -0.460 e. The predicted octanol–water partition coefficient (Wildman–Crippen LogP) is 0.700. The molecular weight excluding hydrogens is 257 g/mol. The van der Waals surface area contributed by atoms with Gasteiger partial charge in [-0.05, 0) is 0 Å². The van der Waals surface area contributed by atoms with E-state index in [-0.39, 0.29) is 17.5 Å². The Bertz CT molecular complexity index is 181. The Morgan fingerprint density at radius 1 is 1.73 bits per heavy atom. The van der Waals surface area contributed by atoms with Crippen LogP contribution in [-0.4, -0.2) is 22.5 Å². The minimum atomic E-state index is -0.456. The van der Waals surface area contributed by atoms with Crippen molar-refractivity contribution in [1.29, 1.82) is 0 Å². The Balaban J connectivity index is 2.82. The molecule has 0 bridgehead atoms. The maximum Gasteiger partial charge on any atom is 0.323 e. The highest BCUT2D eigenvalue weighted by molar-refractivity contribution is 14.1. The molecule has 64 valence electrons. The molecule has 0 aromatic rings. The Hall–Kier alpha value is 0.160. The molecule has 4 heteroatoms. The van der Waals surface area contributed by atoms with Crippen LogP contribution in [0.25, 0.3) is 0 Å². The molecule has 1 rings (SSSR count). The summed E-state index contributed by atoms with van der Waals surface area (Å²) in [7, 11) is 0. The van der Waals surface area contributed by atoms with E-state index in [0.29, 0.717) is 0 Å². The summed E-state index contributed by atoms with van der Waals surface area (Å²) in [4.78, 5) is 11.0. The van der Waals surface area contributed by atoms with Crippen molar-refractivity contribution < 1.29 is 9.53 Å². The number of esters is 1. The lowest BCUT2D eigenvalue weighted by molar-refractivity contribution is -0.141. The second-order valence-corrected chi connectivity index (χ2v) is 4.26. The Kier molecular flexibility index (Phi) is 2.43. The number of carbonyl (C=O) groups is 1. The molecule has 2 atom stereocenters. The summed E-state index contributed by atoms with van der Waals surface area (Å²) in [6.07, 6.45) is -0.0226. The van der Waals surface area contributed by atoms with Gasteiger partial charge in [-0.25, -0.2) is 0 Å². The monoisotopic (exact) mass is 269 g/mol. The minimum absolute atomic E-state index is 0.0226. The summed E-state index contributed by atoms with van der Waals surface area (Å²) in [5.41, 5.74) is 5.43. The van der Waals surface area contributed by atoms with Crippen LogP contribution in [0.3, 0.4) is 0 Å². The van der Waals surface area contributed by atoms with Crippen molar-refractivity contribution in [2.45, 2.75) is 26.0 Å². The summed E-state index contributed by atoms with van der Waals surface area (Å²) in [6, 6.07) is -0.456. The summed E-state index contributed by atoms with van der Waals surface area (Å²) >= 11 is 2.20. The maximum atomic E-state index is 11.0. The maximum absolute atomic E-state index is 11.0. The molecule has 0 aromatic carbocycles. The van der Waals surface area contributed by atoms with Crippen molar-refractivity contribution in [2.75, 3.05) is 4.43 Å². The molecule has 1 fully saturated rings. The van der Waals surface area contributed by atoms with Gasteiger partial charge in [0.15, 0.2) is 0 Å². The highest BCUT2D eigenvalue weighted by Gasteiger charge is 2.48. The Morgan fingerprint density at radius 2 is 2.27 bits per heavy atom. The normalized spacial score (nSPS) is 35.5. The number of cyclic esters (lactones) is 1. The van der Waals surface area contributed by atoms with E-state index in [1.54, 1.807) is 0 Å². The summed E-state index contributed by atoms with van der Waals surface area (Å²) in [5.74, 6) is -0.267. The van der Waals surface area contributed by atoms with E-state index in [0.717, 1.165) is 4.43 Å². The topological polar surface area (TPSA) is 52.3 Å². The van der Waals surface area contributed by atoms with Gasteiger partial charge in [0, 0.05) is 9.84 Å². The Morgan fingerprint density at radius 3 is 2.45 bits per heavy atom. The molecule has 2 unspecified atom stereocenters. The smallest absolute Gasteiger partial charge is 0.323 e.